The molecule has 1 fully saturated rings. The Hall–Kier alpha value is -1.87. The number of halogens is 1. The van der Waals surface area contributed by atoms with Gasteiger partial charge in [-0.3, -0.25) is 0 Å². The number of hydrogen-bond acceptors (Lipinski definition) is 2. The van der Waals surface area contributed by atoms with E-state index in [-0.39, 0.29) is 5.56 Å². The van der Waals surface area contributed by atoms with E-state index in [4.69, 9.17) is 10.5 Å². The molecule has 0 heterocycles. The first kappa shape index (κ1) is 8.72. The molecule has 0 N–H and O–H groups in total. The van der Waals surface area contributed by atoms with Crippen LogP contribution >= 0.6 is 0 Å². The lowest BCUT2D eigenvalue weighted by molar-refractivity contribution is 0.625. The van der Waals surface area contributed by atoms with E-state index in [0.717, 1.165) is 12.8 Å². The van der Waals surface area contributed by atoms with Gasteiger partial charge >= 0.3 is 0 Å². The van der Waals surface area contributed by atoms with E-state index < -0.39 is 11.2 Å². The maximum atomic E-state index is 12.8. The lowest BCUT2D eigenvalue weighted by atomic mass is 9.93. The summed E-state index contributed by atoms with van der Waals surface area (Å²) in [6.45, 7) is 0. The van der Waals surface area contributed by atoms with Crippen molar-refractivity contribution in [1.29, 1.82) is 10.5 Å². The lowest BCUT2D eigenvalue weighted by Gasteiger charge is -2.07. The number of hydrogen-bond donors (Lipinski definition) is 0. The van der Waals surface area contributed by atoms with Crippen molar-refractivity contribution in [3.05, 3.63) is 35.1 Å². The lowest BCUT2D eigenvalue weighted by Crippen LogP contribution is -2.05. The smallest absolute Gasteiger partial charge is 0.124 e. The molecular formula is C11H7FN2. The van der Waals surface area contributed by atoms with Crippen molar-refractivity contribution < 1.29 is 4.39 Å². The van der Waals surface area contributed by atoms with Crippen LogP contribution in [-0.4, -0.2) is 0 Å². The Morgan fingerprint density at radius 1 is 1.29 bits per heavy atom. The average Bonchev–Trinajstić information content (AvgIpc) is 2.98. The standard InChI is InChI=1S/C11H7FN2/c12-9-1-2-10(8(5-9)6-13)11(7-14)3-4-11/h1-2,5H,3-4H2. The van der Waals surface area contributed by atoms with Crippen molar-refractivity contribution in [1.82, 2.24) is 0 Å². The SMILES string of the molecule is N#Cc1cc(F)ccc1C1(C#N)CC1. The first-order chi connectivity index (χ1) is 6.72. The molecule has 2 rings (SSSR count). The van der Waals surface area contributed by atoms with E-state index in [0.29, 0.717) is 5.56 Å². The van der Waals surface area contributed by atoms with Crippen LogP contribution in [0.5, 0.6) is 0 Å². The Bertz CT molecular complexity index is 461. The highest BCUT2D eigenvalue weighted by molar-refractivity contribution is 5.49. The monoisotopic (exact) mass is 186 g/mol. The van der Waals surface area contributed by atoms with Crippen molar-refractivity contribution in [2.24, 2.45) is 0 Å². The molecule has 0 saturated heterocycles. The zero-order valence-electron chi connectivity index (χ0n) is 7.42. The average molecular weight is 186 g/mol. The topological polar surface area (TPSA) is 47.6 Å². The van der Waals surface area contributed by atoms with Gasteiger partial charge in [0.05, 0.1) is 23.1 Å². The summed E-state index contributed by atoms with van der Waals surface area (Å²) in [5, 5.41) is 17.7. The molecule has 1 aliphatic rings. The van der Waals surface area contributed by atoms with E-state index in [1.54, 1.807) is 6.07 Å². The summed E-state index contributed by atoms with van der Waals surface area (Å²) < 4.78 is 12.8. The predicted octanol–water partition coefficient (Wildman–Crippen LogP) is 2.25. The third-order valence-electron chi connectivity index (χ3n) is 2.58. The molecule has 1 aromatic rings. The minimum absolute atomic E-state index is 0.282. The molecule has 0 aliphatic heterocycles. The Kier molecular flexibility index (Phi) is 1.75. The van der Waals surface area contributed by atoms with Crippen LogP contribution in [-0.2, 0) is 5.41 Å². The number of rotatable bonds is 1. The van der Waals surface area contributed by atoms with E-state index in [2.05, 4.69) is 6.07 Å². The minimum atomic E-state index is -0.515. The van der Waals surface area contributed by atoms with Crippen molar-refractivity contribution in [2.45, 2.75) is 18.3 Å². The summed E-state index contributed by atoms with van der Waals surface area (Å²) in [6.07, 6.45) is 1.54. The molecule has 68 valence electrons. The molecular weight excluding hydrogens is 179 g/mol. The molecule has 0 radical (unpaired) electrons. The first-order valence-electron chi connectivity index (χ1n) is 4.33. The molecule has 1 saturated carbocycles. The highest BCUT2D eigenvalue weighted by Crippen LogP contribution is 2.48. The van der Waals surface area contributed by atoms with Gasteiger partial charge in [0, 0.05) is 0 Å². The maximum Gasteiger partial charge on any atom is 0.124 e. The van der Waals surface area contributed by atoms with Gasteiger partial charge < -0.3 is 0 Å². The van der Waals surface area contributed by atoms with Gasteiger partial charge in [-0.15, -0.1) is 0 Å². The molecule has 0 unspecified atom stereocenters. The van der Waals surface area contributed by atoms with Gasteiger partial charge in [0.25, 0.3) is 0 Å². The summed E-state index contributed by atoms with van der Waals surface area (Å²) in [6, 6.07) is 8.15. The van der Waals surface area contributed by atoms with Crippen molar-refractivity contribution in [3.8, 4) is 12.1 Å². The molecule has 0 aromatic heterocycles. The van der Waals surface area contributed by atoms with Crippen LogP contribution < -0.4 is 0 Å². The molecule has 2 nitrogen and oxygen atoms in total. The van der Waals surface area contributed by atoms with Gasteiger partial charge in [-0.05, 0) is 30.5 Å². The largest absolute Gasteiger partial charge is 0.207 e. The maximum absolute atomic E-state index is 12.8. The van der Waals surface area contributed by atoms with Gasteiger partial charge in [0.2, 0.25) is 0 Å². The Morgan fingerprint density at radius 3 is 2.50 bits per heavy atom. The van der Waals surface area contributed by atoms with Crippen LogP contribution in [0.15, 0.2) is 18.2 Å². The van der Waals surface area contributed by atoms with Gasteiger partial charge in [-0.2, -0.15) is 10.5 Å². The molecule has 1 aliphatic carbocycles. The number of benzene rings is 1. The second-order valence-electron chi connectivity index (χ2n) is 3.50. The van der Waals surface area contributed by atoms with Crippen LogP contribution in [0, 0.1) is 28.5 Å². The van der Waals surface area contributed by atoms with Gasteiger partial charge in [-0.1, -0.05) is 6.07 Å². The van der Waals surface area contributed by atoms with E-state index in [1.807, 2.05) is 6.07 Å². The van der Waals surface area contributed by atoms with Crippen LogP contribution in [0.2, 0.25) is 0 Å². The van der Waals surface area contributed by atoms with Crippen molar-refractivity contribution in [2.75, 3.05) is 0 Å². The molecule has 1 aromatic carbocycles. The summed E-state index contributed by atoms with van der Waals surface area (Å²) in [5.74, 6) is -0.431. The van der Waals surface area contributed by atoms with Gasteiger partial charge in [0.15, 0.2) is 0 Å². The van der Waals surface area contributed by atoms with Crippen LogP contribution in [0.4, 0.5) is 4.39 Å². The molecule has 0 spiro atoms. The zero-order chi connectivity index (χ0) is 10.2. The van der Waals surface area contributed by atoms with Crippen LogP contribution in [0.1, 0.15) is 24.0 Å². The van der Waals surface area contributed by atoms with Gasteiger partial charge in [0.1, 0.15) is 5.82 Å². The molecule has 3 heteroatoms. The minimum Gasteiger partial charge on any atom is -0.207 e. The molecule has 14 heavy (non-hydrogen) atoms. The summed E-state index contributed by atoms with van der Waals surface area (Å²) in [4.78, 5) is 0. The third-order valence-corrected chi connectivity index (χ3v) is 2.58. The fourth-order valence-electron chi connectivity index (χ4n) is 1.59. The van der Waals surface area contributed by atoms with Crippen molar-refractivity contribution >= 4 is 0 Å². The Labute approximate surface area is 81.2 Å². The molecule has 0 bridgehead atoms. The summed E-state index contributed by atoms with van der Waals surface area (Å²) in [7, 11) is 0. The molecule has 0 amide bonds. The second kappa shape index (κ2) is 2.82. The Balaban J connectivity index is 2.56. The van der Waals surface area contributed by atoms with Gasteiger partial charge in [-0.25, -0.2) is 4.39 Å². The Morgan fingerprint density at radius 2 is 2.00 bits per heavy atom. The zero-order valence-corrected chi connectivity index (χ0v) is 7.42. The number of nitriles is 2. The summed E-state index contributed by atoms with van der Waals surface area (Å²) >= 11 is 0. The normalized spacial score (nSPS) is 16.8. The number of nitrogens with zero attached hydrogens (tertiary/aromatic N) is 2. The third kappa shape index (κ3) is 1.15. The van der Waals surface area contributed by atoms with Crippen LogP contribution in [0.3, 0.4) is 0 Å². The van der Waals surface area contributed by atoms with E-state index >= 15 is 0 Å². The fourth-order valence-corrected chi connectivity index (χ4v) is 1.59. The fraction of sp³-hybridized carbons (Fsp3) is 0.273. The highest BCUT2D eigenvalue weighted by atomic mass is 19.1. The second-order valence-corrected chi connectivity index (χ2v) is 3.50. The molecule has 0 atom stereocenters. The highest BCUT2D eigenvalue weighted by Gasteiger charge is 2.46. The summed E-state index contributed by atoms with van der Waals surface area (Å²) in [5.41, 5.74) is 0.437. The predicted molar refractivity (Wildman–Crippen MR) is 47.6 cm³/mol. The van der Waals surface area contributed by atoms with Crippen molar-refractivity contribution in [3.63, 3.8) is 0 Å². The van der Waals surface area contributed by atoms with Crippen LogP contribution in [0.25, 0.3) is 0 Å². The quantitative estimate of drug-likeness (QED) is 0.675. The first-order valence-corrected chi connectivity index (χ1v) is 4.33. The van der Waals surface area contributed by atoms with E-state index in [1.165, 1.54) is 12.1 Å². The van der Waals surface area contributed by atoms with E-state index in [9.17, 15) is 4.39 Å².